The minimum absolute atomic E-state index is 0.244. The molecule has 3 nitrogen and oxygen atoms in total. The lowest BCUT2D eigenvalue weighted by molar-refractivity contribution is -0.191. The largest absolute Gasteiger partial charge is 0.347 e. The van der Waals surface area contributed by atoms with Gasteiger partial charge in [-0.05, 0) is 6.42 Å². The van der Waals surface area contributed by atoms with Gasteiger partial charge in [0.2, 0.25) is 0 Å². The molecule has 2 atom stereocenters. The molecule has 2 saturated carbocycles. The Morgan fingerprint density at radius 3 is 2.58 bits per heavy atom. The second-order valence-corrected chi connectivity index (χ2v) is 4.01. The number of fused-ring (bicyclic) bond motifs is 3. The van der Waals surface area contributed by atoms with Crippen LogP contribution in [0, 0.1) is 11.8 Å². The fourth-order valence-corrected chi connectivity index (χ4v) is 2.83. The van der Waals surface area contributed by atoms with Crippen molar-refractivity contribution in [3.63, 3.8) is 0 Å². The van der Waals surface area contributed by atoms with Crippen LogP contribution in [0.15, 0.2) is 0 Å². The SMILES string of the molecule is O=C1C[C@H]2C[C@@H]1CC21OCCO1. The molecule has 2 aliphatic carbocycles. The molecule has 1 heterocycles. The summed E-state index contributed by atoms with van der Waals surface area (Å²) < 4.78 is 11.2. The summed E-state index contributed by atoms with van der Waals surface area (Å²) >= 11 is 0. The molecule has 0 aromatic heterocycles. The van der Waals surface area contributed by atoms with Gasteiger partial charge in [0.15, 0.2) is 5.79 Å². The molecule has 3 heteroatoms. The maximum Gasteiger partial charge on any atom is 0.172 e. The van der Waals surface area contributed by atoms with Gasteiger partial charge in [-0.3, -0.25) is 4.79 Å². The Morgan fingerprint density at radius 1 is 1.33 bits per heavy atom. The Balaban J connectivity index is 1.89. The molecular formula is C9H12O3. The Bertz CT molecular complexity index is 230. The molecule has 1 spiro atoms. The maximum atomic E-state index is 11.3. The summed E-state index contributed by atoms with van der Waals surface area (Å²) in [6.45, 7) is 1.41. The summed E-state index contributed by atoms with van der Waals surface area (Å²) in [5, 5.41) is 0. The second-order valence-electron chi connectivity index (χ2n) is 4.01. The second kappa shape index (κ2) is 2.09. The van der Waals surface area contributed by atoms with Crippen molar-refractivity contribution in [3.05, 3.63) is 0 Å². The number of rotatable bonds is 0. The zero-order valence-electron chi connectivity index (χ0n) is 6.91. The first-order chi connectivity index (χ1) is 5.80. The number of hydrogen-bond donors (Lipinski definition) is 0. The van der Waals surface area contributed by atoms with Gasteiger partial charge in [0.1, 0.15) is 5.78 Å². The highest BCUT2D eigenvalue weighted by molar-refractivity contribution is 5.84. The first-order valence-corrected chi connectivity index (χ1v) is 4.61. The molecule has 3 fully saturated rings. The summed E-state index contributed by atoms with van der Waals surface area (Å²) in [4.78, 5) is 11.3. The van der Waals surface area contributed by atoms with Crippen molar-refractivity contribution >= 4 is 5.78 Å². The van der Waals surface area contributed by atoms with Gasteiger partial charge in [-0.25, -0.2) is 0 Å². The molecule has 12 heavy (non-hydrogen) atoms. The van der Waals surface area contributed by atoms with E-state index in [9.17, 15) is 4.79 Å². The molecule has 0 N–H and O–H groups in total. The van der Waals surface area contributed by atoms with Crippen LogP contribution in [0.2, 0.25) is 0 Å². The molecule has 1 saturated heterocycles. The van der Waals surface area contributed by atoms with Crippen LogP contribution in [0.5, 0.6) is 0 Å². The number of carbonyl (C=O) groups is 1. The van der Waals surface area contributed by atoms with Gasteiger partial charge < -0.3 is 9.47 Å². The first kappa shape index (κ1) is 7.04. The van der Waals surface area contributed by atoms with Crippen molar-refractivity contribution in [2.24, 2.45) is 11.8 Å². The van der Waals surface area contributed by atoms with E-state index in [0.29, 0.717) is 31.3 Å². The highest BCUT2D eigenvalue weighted by atomic mass is 16.7. The number of ether oxygens (including phenoxy) is 2. The lowest BCUT2D eigenvalue weighted by atomic mass is 9.93. The first-order valence-electron chi connectivity index (χ1n) is 4.61. The molecule has 0 unspecified atom stereocenters. The minimum Gasteiger partial charge on any atom is -0.347 e. The number of carbonyl (C=O) groups excluding carboxylic acids is 1. The Kier molecular flexibility index (Phi) is 1.23. The minimum atomic E-state index is -0.335. The highest BCUT2D eigenvalue weighted by Gasteiger charge is 2.58. The zero-order valence-corrected chi connectivity index (χ0v) is 6.91. The van der Waals surface area contributed by atoms with Gasteiger partial charge in [0.25, 0.3) is 0 Å². The Hall–Kier alpha value is -0.410. The summed E-state index contributed by atoms with van der Waals surface area (Å²) in [5.74, 6) is 0.689. The normalized spacial score (nSPS) is 43.2. The third-order valence-corrected chi connectivity index (χ3v) is 3.40. The standard InChI is InChI=1S/C9H12O3/c10-8-4-7-3-6(8)5-9(7)11-1-2-12-9/h6-7H,1-5H2/t6-,7-/m1/s1. The van der Waals surface area contributed by atoms with E-state index in [1.807, 2.05) is 0 Å². The Labute approximate surface area is 71.0 Å². The van der Waals surface area contributed by atoms with Crippen LogP contribution in [-0.4, -0.2) is 24.8 Å². The molecular weight excluding hydrogens is 156 g/mol. The molecule has 0 aromatic rings. The molecule has 66 valence electrons. The lowest BCUT2D eigenvalue weighted by Gasteiger charge is -2.30. The topological polar surface area (TPSA) is 35.5 Å². The van der Waals surface area contributed by atoms with E-state index in [2.05, 4.69) is 0 Å². The molecule has 2 bridgehead atoms. The predicted molar refractivity (Wildman–Crippen MR) is 40.5 cm³/mol. The van der Waals surface area contributed by atoms with Crippen LogP contribution in [0.1, 0.15) is 19.3 Å². The lowest BCUT2D eigenvalue weighted by Crippen LogP contribution is -2.38. The molecule has 3 rings (SSSR count). The summed E-state index contributed by atoms with van der Waals surface area (Å²) in [7, 11) is 0. The van der Waals surface area contributed by atoms with Crippen molar-refractivity contribution in [2.75, 3.05) is 13.2 Å². The molecule has 1 aliphatic heterocycles. The van der Waals surface area contributed by atoms with Crippen molar-refractivity contribution in [2.45, 2.75) is 25.0 Å². The van der Waals surface area contributed by atoms with Gasteiger partial charge in [-0.15, -0.1) is 0 Å². The fraction of sp³-hybridized carbons (Fsp3) is 0.889. The third-order valence-electron chi connectivity index (χ3n) is 3.40. The molecule has 0 amide bonds. The van der Waals surface area contributed by atoms with Crippen LogP contribution in [0.4, 0.5) is 0 Å². The molecule has 0 radical (unpaired) electrons. The maximum absolute atomic E-state index is 11.3. The van der Waals surface area contributed by atoms with Gasteiger partial charge >= 0.3 is 0 Å². The summed E-state index contributed by atoms with van der Waals surface area (Å²) in [6.07, 6.45) is 2.50. The van der Waals surface area contributed by atoms with E-state index in [0.717, 1.165) is 12.8 Å². The fourth-order valence-electron chi connectivity index (χ4n) is 2.83. The third kappa shape index (κ3) is 0.709. The smallest absolute Gasteiger partial charge is 0.172 e. The molecule has 3 aliphatic rings. The molecule has 0 aromatic carbocycles. The predicted octanol–water partition coefficient (Wildman–Crippen LogP) is 0.728. The van der Waals surface area contributed by atoms with Crippen molar-refractivity contribution in [1.82, 2.24) is 0 Å². The van der Waals surface area contributed by atoms with Crippen LogP contribution in [-0.2, 0) is 14.3 Å². The van der Waals surface area contributed by atoms with E-state index < -0.39 is 0 Å². The zero-order chi connectivity index (χ0) is 8.18. The highest BCUT2D eigenvalue weighted by Crippen LogP contribution is 2.52. The van der Waals surface area contributed by atoms with Crippen LogP contribution >= 0.6 is 0 Å². The van der Waals surface area contributed by atoms with E-state index in [4.69, 9.17) is 9.47 Å². The average molecular weight is 168 g/mol. The van der Waals surface area contributed by atoms with Crippen molar-refractivity contribution in [3.8, 4) is 0 Å². The van der Waals surface area contributed by atoms with Crippen molar-refractivity contribution < 1.29 is 14.3 Å². The average Bonchev–Trinajstić information content (AvgIpc) is 2.68. The summed E-state index contributed by atoms with van der Waals surface area (Å²) in [5.41, 5.74) is 0. The van der Waals surface area contributed by atoms with Crippen molar-refractivity contribution in [1.29, 1.82) is 0 Å². The van der Waals surface area contributed by atoms with E-state index in [1.54, 1.807) is 0 Å². The van der Waals surface area contributed by atoms with E-state index in [-0.39, 0.29) is 11.7 Å². The van der Waals surface area contributed by atoms with Gasteiger partial charge in [0.05, 0.1) is 13.2 Å². The van der Waals surface area contributed by atoms with Crippen LogP contribution in [0.25, 0.3) is 0 Å². The summed E-state index contributed by atoms with van der Waals surface area (Å²) in [6, 6.07) is 0. The Morgan fingerprint density at radius 2 is 2.08 bits per heavy atom. The number of hydrogen-bond acceptors (Lipinski definition) is 3. The van der Waals surface area contributed by atoms with Crippen LogP contribution in [0.3, 0.4) is 0 Å². The number of ketones is 1. The monoisotopic (exact) mass is 168 g/mol. The van der Waals surface area contributed by atoms with Gasteiger partial charge in [-0.2, -0.15) is 0 Å². The van der Waals surface area contributed by atoms with E-state index >= 15 is 0 Å². The quantitative estimate of drug-likeness (QED) is 0.535. The van der Waals surface area contributed by atoms with Gasteiger partial charge in [0, 0.05) is 24.7 Å². The van der Waals surface area contributed by atoms with Gasteiger partial charge in [-0.1, -0.05) is 0 Å². The van der Waals surface area contributed by atoms with Crippen LogP contribution < -0.4 is 0 Å². The van der Waals surface area contributed by atoms with E-state index in [1.165, 1.54) is 0 Å². The number of Topliss-reactive ketones (excluding diaryl/α,β-unsaturated/α-hetero) is 1.